The molecule has 1 heterocycles. The number of para-hydroxylation sites is 1. The third-order valence-electron chi connectivity index (χ3n) is 3.60. The van der Waals surface area contributed by atoms with Crippen molar-refractivity contribution in [1.82, 2.24) is 4.90 Å². The second-order valence-electron chi connectivity index (χ2n) is 5.08. The van der Waals surface area contributed by atoms with Crippen molar-refractivity contribution in [1.29, 1.82) is 0 Å². The molecule has 20 heavy (non-hydrogen) atoms. The molecule has 1 amide bonds. The minimum atomic E-state index is -0.0208. The van der Waals surface area contributed by atoms with Crippen molar-refractivity contribution in [3.8, 4) is 5.75 Å². The van der Waals surface area contributed by atoms with Gasteiger partial charge in [-0.05, 0) is 37.3 Å². The Hall–Kier alpha value is -1.26. The summed E-state index contributed by atoms with van der Waals surface area (Å²) < 4.78 is 5.47. The molecule has 1 aromatic carbocycles. The van der Waals surface area contributed by atoms with Crippen molar-refractivity contribution in [2.45, 2.75) is 19.3 Å². The summed E-state index contributed by atoms with van der Waals surface area (Å²) in [5.41, 5.74) is 0. The number of carbonyl (C=O) groups is 1. The number of benzene rings is 1. The number of carbonyl (C=O) groups excluding carboxylic acids is 1. The average Bonchev–Trinajstić information content (AvgIpc) is 2.47. The minimum Gasteiger partial charge on any atom is -0.482 e. The van der Waals surface area contributed by atoms with Gasteiger partial charge in [0.15, 0.2) is 6.61 Å². The Morgan fingerprint density at radius 2 is 2.25 bits per heavy atom. The van der Waals surface area contributed by atoms with Gasteiger partial charge < -0.3 is 14.7 Å². The van der Waals surface area contributed by atoms with Gasteiger partial charge in [-0.25, -0.2) is 0 Å². The second kappa shape index (κ2) is 7.50. The molecule has 0 aromatic heterocycles. The molecular formula is C15H20ClNO3. The van der Waals surface area contributed by atoms with Crippen LogP contribution < -0.4 is 4.74 Å². The highest BCUT2D eigenvalue weighted by molar-refractivity contribution is 6.32. The molecule has 1 N–H and O–H groups in total. The first-order valence-corrected chi connectivity index (χ1v) is 7.34. The fourth-order valence-corrected chi connectivity index (χ4v) is 2.69. The first-order valence-electron chi connectivity index (χ1n) is 6.96. The van der Waals surface area contributed by atoms with E-state index in [9.17, 15) is 4.79 Å². The summed E-state index contributed by atoms with van der Waals surface area (Å²) in [6.45, 7) is 1.68. The summed E-state index contributed by atoms with van der Waals surface area (Å²) >= 11 is 5.98. The van der Waals surface area contributed by atoms with Crippen molar-refractivity contribution in [3.05, 3.63) is 29.3 Å². The van der Waals surface area contributed by atoms with Crippen LogP contribution in [0.1, 0.15) is 19.3 Å². The van der Waals surface area contributed by atoms with Gasteiger partial charge in [-0.15, -0.1) is 0 Å². The first-order chi connectivity index (χ1) is 9.70. The van der Waals surface area contributed by atoms with Crippen molar-refractivity contribution < 1.29 is 14.6 Å². The lowest BCUT2D eigenvalue weighted by molar-refractivity contribution is -0.135. The molecule has 1 aromatic rings. The van der Waals surface area contributed by atoms with Gasteiger partial charge in [-0.3, -0.25) is 4.79 Å². The fraction of sp³-hybridized carbons (Fsp3) is 0.533. The number of likely N-dealkylation sites (tertiary alicyclic amines) is 1. The predicted molar refractivity (Wildman–Crippen MR) is 78.0 cm³/mol. The van der Waals surface area contributed by atoms with E-state index in [4.69, 9.17) is 21.4 Å². The predicted octanol–water partition coefficient (Wildman–Crippen LogP) is 2.34. The quantitative estimate of drug-likeness (QED) is 0.907. The van der Waals surface area contributed by atoms with E-state index in [0.717, 1.165) is 25.8 Å². The highest BCUT2D eigenvalue weighted by atomic mass is 35.5. The van der Waals surface area contributed by atoms with Crippen LogP contribution >= 0.6 is 11.6 Å². The van der Waals surface area contributed by atoms with Crippen LogP contribution in [0.15, 0.2) is 24.3 Å². The monoisotopic (exact) mass is 297 g/mol. The summed E-state index contributed by atoms with van der Waals surface area (Å²) in [6, 6.07) is 7.13. The molecule has 1 aliphatic heterocycles. The van der Waals surface area contributed by atoms with Crippen LogP contribution in [0.4, 0.5) is 0 Å². The SMILES string of the molecule is O=C(COc1ccccc1Cl)N1CCCC(CCO)C1. The highest BCUT2D eigenvalue weighted by Gasteiger charge is 2.23. The molecule has 4 nitrogen and oxygen atoms in total. The Kier molecular flexibility index (Phi) is 5.68. The highest BCUT2D eigenvalue weighted by Crippen LogP contribution is 2.23. The molecule has 1 aliphatic rings. The van der Waals surface area contributed by atoms with E-state index >= 15 is 0 Å². The molecule has 0 aliphatic carbocycles. The summed E-state index contributed by atoms with van der Waals surface area (Å²) in [4.78, 5) is 13.9. The Bertz CT molecular complexity index is 450. The van der Waals surface area contributed by atoms with Crippen LogP contribution in [0.5, 0.6) is 5.75 Å². The molecule has 0 radical (unpaired) electrons. The van der Waals surface area contributed by atoms with E-state index in [-0.39, 0.29) is 19.1 Å². The van der Waals surface area contributed by atoms with Gasteiger partial charge >= 0.3 is 0 Å². The summed E-state index contributed by atoms with van der Waals surface area (Å²) in [5.74, 6) is 0.914. The number of rotatable bonds is 5. The number of piperidine rings is 1. The number of nitrogens with zero attached hydrogens (tertiary/aromatic N) is 1. The van der Waals surface area contributed by atoms with E-state index < -0.39 is 0 Å². The van der Waals surface area contributed by atoms with Crippen LogP contribution in [-0.2, 0) is 4.79 Å². The van der Waals surface area contributed by atoms with Gasteiger partial charge in [0, 0.05) is 19.7 Å². The lowest BCUT2D eigenvalue weighted by Gasteiger charge is -2.32. The Balaban J connectivity index is 1.84. The van der Waals surface area contributed by atoms with Crippen molar-refractivity contribution in [2.75, 3.05) is 26.3 Å². The molecule has 0 bridgehead atoms. The van der Waals surface area contributed by atoms with Crippen LogP contribution in [0.3, 0.4) is 0 Å². The maximum absolute atomic E-state index is 12.1. The number of halogens is 1. The van der Waals surface area contributed by atoms with Gasteiger partial charge in [0.2, 0.25) is 0 Å². The van der Waals surface area contributed by atoms with Crippen LogP contribution in [0, 0.1) is 5.92 Å². The van der Waals surface area contributed by atoms with Gasteiger partial charge in [0.25, 0.3) is 5.91 Å². The Morgan fingerprint density at radius 3 is 3.00 bits per heavy atom. The van der Waals surface area contributed by atoms with E-state index in [1.54, 1.807) is 12.1 Å². The zero-order valence-electron chi connectivity index (χ0n) is 11.4. The van der Waals surface area contributed by atoms with E-state index in [0.29, 0.717) is 23.2 Å². The lowest BCUT2D eigenvalue weighted by Crippen LogP contribution is -2.42. The zero-order valence-corrected chi connectivity index (χ0v) is 12.2. The molecular weight excluding hydrogens is 278 g/mol. The molecule has 1 fully saturated rings. The maximum atomic E-state index is 12.1. The van der Waals surface area contributed by atoms with E-state index in [2.05, 4.69) is 0 Å². The molecule has 110 valence electrons. The first kappa shape index (κ1) is 15.1. The van der Waals surface area contributed by atoms with Gasteiger partial charge in [0.05, 0.1) is 5.02 Å². The zero-order chi connectivity index (χ0) is 14.4. The second-order valence-corrected chi connectivity index (χ2v) is 5.49. The molecule has 1 atom stereocenters. The van der Waals surface area contributed by atoms with Gasteiger partial charge in [-0.2, -0.15) is 0 Å². The number of ether oxygens (including phenoxy) is 1. The third kappa shape index (κ3) is 4.12. The van der Waals surface area contributed by atoms with E-state index in [1.807, 2.05) is 17.0 Å². The summed E-state index contributed by atoms with van der Waals surface area (Å²) in [5, 5.41) is 9.49. The van der Waals surface area contributed by atoms with Gasteiger partial charge in [-0.1, -0.05) is 23.7 Å². The fourth-order valence-electron chi connectivity index (χ4n) is 2.50. The number of hydrogen-bond acceptors (Lipinski definition) is 3. The molecule has 0 spiro atoms. The third-order valence-corrected chi connectivity index (χ3v) is 3.91. The van der Waals surface area contributed by atoms with Crippen LogP contribution in [0.2, 0.25) is 5.02 Å². The summed E-state index contributed by atoms with van der Waals surface area (Å²) in [7, 11) is 0. The maximum Gasteiger partial charge on any atom is 0.260 e. The standard InChI is InChI=1S/C15H20ClNO3/c16-13-5-1-2-6-14(13)20-11-15(19)17-8-3-4-12(10-17)7-9-18/h1-2,5-6,12,18H,3-4,7-11H2. The largest absolute Gasteiger partial charge is 0.482 e. The average molecular weight is 298 g/mol. The molecule has 5 heteroatoms. The Labute approximate surface area is 124 Å². The van der Waals surface area contributed by atoms with Crippen molar-refractivity contribution in [3.63, 3.8) is 0 Å². The molecule has 1 unspecified atom stereocenters. The minimum absolute atomic E-state index is 0.00950. The number of aliphatic hydroxyl groups is 1. The van der Waals surface area contributed by atoms with Gasteiger partial charge in [0.1, 0.15) is 5.75 Å². The summed E-state index contributed by atoms with van der Waals surface area (Å²) in [6.07, 6.45) is 2.83. The van der Waals surface area contributed by atoms with Crippen molar-refractivity contribution in [2.24, 2.45) is 5.92 Å². The molecule has 2 rings (SSSR count). The Morgan fingerprint density at radius 1 is 1.45 bits per heavy atom. The normalized spacial score (nSPS) is 18.9. The number of hydrogen-bond donors (Lipinski definition) is 1. The number of amides is 1. The smallest absolute Gasteiger partial charge is 0.260 e. The molecule has 1 saturated heterocycles. The topological polar surface area (TPSA) is 49.8 Å². The molecule has 0 saturated carbocycles. The lowest BCUT2D eigenvalue weighted by atomic mass is 9.95. The van der Waals surface area contributed by atoms with Crippen LogP contribution in [0.25, 0.3) is 0 Å². The van der Waals surface area contributed by atoms with Crippen molar-refractivity contribution >= 4 is 17.5 Å². The number of aliphatic hydroxyl groups excluding tert-OH is 1. The van der Waals surface area contributed by atoms with Crippen LogP contribution in [-0.4, -0.2) is 42.2 Å². The van der Waals surface area contributed by atoms with E-state index in [1.165, 1.54) is 0 Å².